The van der Waals surface area contributed by atoms with Gasteiger partial charge in [-0.15, -0.1) is 0 Å². The molecule has 1 aliphatic heterocycles. The first-order valence-corrected chi connectivity index (χ1v) is 12.8. The predicted molar refractivity (Wildman–Crippen MR) is 147 cm³/mol. The Morgan fingerprint density at radius 1 is 1.14 bits per heavy atom. The molecule has 192 valence electrons. The quantitative estimate of drug-likeness (QED) is 0.418. The number of hydrogen-bond donors (Lipinski definition) is 2. The lowest BCUT2D eigenvalue weighted by atomic mass is 10.0. The topological polar surface area (TPSA) is 75.8 Å². The zero-order chi connectivity index (χ0) is 25.7. The van der Waals surface area contributed by atoms with E-state index < -0.39 is 0 Å². The highest BCUT2D eigenvalue weighted by Crippen LogP contribution is 2.27. The van der Waals surface area contributed by atoms with Gasteiger partial charge in [-0.25, -0.2) is 0 Å². The molecule has 0 amide bonds. The van der Waals surface area contributed by atoms with Crippen LogP contribution in [-0.2, 0) is 17.7 Å². The highest BCUT2D eigenvalue weighted by atomic mass is 32.1. The van der Waals surface area contributed by atoms with Crippen LogP contribution in [0.1, 0.15) is 35.1 Å². The van der Waals surface area contributed by atoms with Crippen molar-refractivity contribution in [3.05, 3.63) is 69.0 Å². The lowest BCUT2D eigenvalue weighted by Crippen LogP contribution is -2.44. The number of rotatable bonds is 9. The minimum atomic E-state index is -0.0868. The van der Waals surface area contributed by atoms with E-state index in [1.165, 1.54) is 5.56 Å². The van der Waals surface area contributed by atoms with E-state index >= 15 is 0 Å². The van der Waals surface area contributed by atoms with E-state index in [0.717, 1.165) is 47.9 Å². The molecule has 0 aliphatic carbocycles. The van der Waals surface area contributed by atoms with Crippen molar-refractivity contribution in [2.45, 2.75) is 45.8 Å². The van der Waals surface area contributed by atoms with Crippen LogP contribution >= 0.6 is 12.2 Å². The third-order valence-corrected chi connectivity index (χ3v) is 7.17. The van der Waals surface area contributed by atoms with E-state index in [1.807, 2.05) is 30.3 Å². The van der Waals surface area contributed by atoms with E-state index in [1.54, 1.807) is 14.2 Å². The highest BCUT2D eigenvalue weighted by Gasteiger charge is 2.22. The van der Waals surface area contributed by atoms with Crippen molar-refractivity contribution in [1.82, 2.24) is 15.2 Å². The van der Waals surface area contributed by atoms with Gasteiger partial charge in [0.2, 0.25) is 0 Å². The summed E-state index contributed by atoms with van der Waals surface area (Å²) in [6.45, 7) is 6.63. The number of aromatic nitrogens is 1. The first-order valence-electron chi connectivity index (χ1n) is 12.4. The van der Waals surface area contributed by atoms with Crippen LogP contribution in [0.15, 0.2) is 41.2 Å². The van der Waals surface area contributed by atoms with Crippen LogP contribution in [0.3, 0.4) is 0 Å². The maximum absolute atomic E-state index is 12.9. The minimum Gasteiger partial charge on any atom is -0.493 e. The summed E-state index contributed by atoms with van der Waals surface area (Å²) in [5.41, 5.74) is 4.93. The molecule has 0 spiro atoms. The number of nitrogens with zero attached hydrogens (tertiary/aromatic N) is 1. The van der Waals surface area contributed by atoms with Gasteiger partial charge in [-0.2, -0.15) is 0 Å². The van der Waals surface area contributed by atoms with Crippen LogP contribution in [0.2, 0.25) is 0 Å². The molecule has 7 nitrogen and oxygen atoms in total. The van der Waals surface area contributed by atoms with Gasteiger partial charge in [0, 0.05) is 30.8 Å². The molecule has 1 fully saturated rings. The van der Waals surface area contributed by atoms with Gasteiger partial charge in [0.05, 0.1) is 26.9 Å². The Labute approximate surface area is 217 Å². The first kappa shape index (κ1) is 26.0. The predicted octanol–water partition coefficient (Wildman–Crippen LogP) is 4.26. The van der Waals surface area contributed by atoms with Gasteiger partial charge in [0.1, 0.15) is 0 Å². The third-order valence-electron chi connectivity index (χ3n) is 6.77. The fourth-order valence-corrected chi connectivity index (χ4v) is 4.80. The molecule has 2 heterocycles. The van der Waals surface area contributed by atoms with Crippen molar-refractivity contribution < 1.29 is 14.2 Å². The summed E-state index contributed by atoms with van der Waals surface area (Å²) < 4.78 is 16.6. The minimum absolute atomic E-state index is 0.0868. The summed E-state index contributed by atoms with van der Waals surface area (Å²) in [6, 6.07) is 12.0. The Morgan fingerprint density at radius 2 is 1.92 bits per heavy atom. The zero-order valence-corrected chi connectivity index (χ0v) is 22.3. The van der Waals surface area contributed by atoms with E-state index in [0.29, 0.717) is 41.8 Å². The van der Waals surface area contributed by atoms with Gasteiger partial charge < -0.3 is 29.4 Å². The first-order chi connectivity index (χ1) is 17.4. The number of pyridine rings is 1. The Balaban J connectivity index is 1.48. The molecule has 2 aromatic carbocycles. The van der Waals surface area contributed by atoms with Gasteiger partial charge in [-0.3, -0.25) is 4.79 Å². The average molecular weight is 510 g/mol. The average Bonchev–Trinajstić information content (AvgIpc) is 3.38. The molecule has 3 aromatic rings. The Morgan fingerprint density at radius 3 is 2.64 bits per heavy atom. The number of fused-ring (bicyclic) bond motifs is 1. The van der Waals surface area contributed by atoms with Gasteiger partial charge in [0.25, 0.3) is 5.56 Å². The Hall–Kier alpha value is -3.10. The van der Waals surface area contributed by atoms with E-state index in [9.17, 15) is 4.79 Å². The van der Waals surface area contributed by atoms with Crippen molar-refractivity contribution >= 4 is 28.2 Å². The standard InChI is InChI=1S/C28H35N3O4S/c1-18-12-21-15-22(27(32)30-24(21)13-19(18)2)16-31(17-23-6-5-11-35-23)28(36)29-10-9-20-7-8-25(33-3)26(14-20)34-4/h7-8,12-15,23H,5-6,9-11,16-17H2,1-4H3,(H,29,36)(H,30,32)/t23-/m0/s1. The molecule has 0 radical (unpaired) electrons. The number of hydrogen-bond acceptors (Lipinski definition) is 5. The molecule has 1 aromatic heterocycles. The number of aryl methyl sites for hydroxylation is 2. The van der Waals surface area contributed by atoms with Gasteiger partial charge >= 0.3 is 0 Å². The molecule has 4 rings (SSSR count). The number of methoxy groups -OCH3 is 2. The fraction of sp³-hybridized carbons (Fsp3) is 0.429. The Kier molecular flexibility index (Phi) is 8.48. The summed E-state index contributed by atoms with van der Waals surface area (Å²) in [5.74, 6) is 1.41. The van der Waals surface area contributed by atoms with Crippen molar-refractivity contribution in [2.75, 3.05) is 33.9 Å². The van der Waals surface area contributed by atoms with Crippen molar-refractivity contribution in [3.63, 3.8) is 0 Å². The number of thiocarbonyl (C=S) groups is 1. The second-order valence-electron chi connectivity index (χ2n) is 9.33. The zero-order valence-electron chi connectivity index (χ0n) is 21.5. The summed E-state index contributed by atoms with van der Waals surface area (Å²) in [5, 5.41) is 5.02. The summed E-state index contributed by atoms with van der Waals surface area (Å²) in [4.78, 5) is 18.0. The molecule has 0 unspecified atom stereocenters. The van der Waals surface area contributed by atoms with Crippen molar-refractivity contribution in [2.24, 2.45) is 0 Å². The molecule has 0 bridgehead atoms. The van der Waals surface area contributed by atoms with Gasteiger partial charge in [-0.05, 0) is 97.7 Å². The number of ether oxygens (including phenoxy) is 3. The monoisotopic (exact) mass is 509 g/mol. The smallest absolute Gasteiger partial charge is 0.253 e. The van der Waals surface area contributed by atoms with Crippen molar-refractivity contribution in [3.8, 4) is 11.5 Å². The second kappa shape index (κ2) is 11.8. The van der Waals surface area contributed by atoms with Crippen molar-refractivity contribution in [1.29, 1.82) is 0 Å². The maximum Gasteiger partial charge on any atom is 0.253 e. The maximum atomic E-state index is 12.9. The molecular formula is C28H35N3O4S. The van der Waals surface area contributed by atoms with Crippen LogP contribution in [0.4, 0.5) is 0 Å². The number of nitrogens with one attached hydrogen (secondary N) is 2. The molecular weight excluding hydrogens is 474 g/mol. The highest BCUT2D eigenvalue weighted by molar-refractivity contribution is 7.80. The SMILES string of the molecule is COc1ccc(CCNC(=S)N(Cc2cc3cc(C)c(C)cc3[nH]c2=O)C[C@@H]2CCCO2)cc1OC. The molecule has 36 heavy (non-hydrogen) atoms. The number of benzene rings is 2. The summed E-state index contributed by atoms with van der Waals surface area (Å²) >= 11 is 5.79. The van der Waals surface area contributed by atoms with E-state index in [2.05, 4.69) is 35.1 Å². The molecule has 8 heteroatoms. The molecule has 0 saturated carbocycles. The fourth-order valence-electron chi connectivity index (χ4n) is 4.56. The third kappa shape index (κ3) is 6.17. The normalized spacial score (nSPS) is 15.2. The lowest BCUT2D eigenvalue weighted by molar-refractivity contribution is 0.0897. The number of H-pyrrole nitrogens is 1. The molecule has 1 aliphatic rings. The van der Waals surface area contributed by atoms with Crippen LogP contribution < -0.4 is 20.3 Å². The van der Waals surface area contributed by atoms with Crippen LogP contribution in [-0.4, -0.2) is 55.0 Å². The van der Waals surface area contributed by atoms with E-state index in [-0.39, 0.29) is 11.7 Å². The second-order valence-corrected chi connectivity index (χ2v) is 9.72. The lowest BCUT2D eigenvalue weighted by Gasteiger charge is -2.28. The summed E-state index contributed by atoms with van der Waals surface area (Å²) in [6.07, 6.45) is 2.92. The molecule has 2 N–H and O–H groups in total. The van der Waals surface area contributed by atoms with Gasteiger partial charge in [0.15, 0.2) is 16.6 Å². The van der Waals surface area contributed by atoms with Gasteiger partial charge in [-0.1, -0.05) is 6.07 Å². The van der Waals surface area contributed by atoms with E-state index in [4.69, 9.17) is 26.4 Å². The van der Waals surface area contributed by atoms with Crippen LogP contribution in [0, 0.1) is 13.8 Å². The van der Waals surface area contributed by atoms with Crippen LogP contribution in [0.5, 0.6) is 11.5 Å². The Bertz CT molecular complexity index is 1280. The molecule has 1 saturated heterocycles. The number of aromatic amines is 1. The largest absolute Gasteiger partial charge is 0.493 e. The molecule has 1 atom stereocenters. The summed E-state index contributed by atoms with van der Waals surface area (Å²) in [7, 11) is 3.26. The van der Waals surface area contributed by atoms with Crippen LogP contribution in [0.25, 0.3) is 10.9 Å².